The van der Waals surface area contributed by atoms with Gasteiger partial charge in [-0.1, -0.05) is 115 Å². The molecule has 2 nitrogen and oxygen atoms in total. The summed E-state index contributed by atoms with van der Waals surface area (Å²) in [5, 5.41) is 10.1. The van der Waals surface area contributed by atoms with E-state index in [1.807, 2.05) is 0 Å². The third-order valence-corrected chi connectivity index (χ3v) is 11.4. The molecule has 0 amide bonds. The molecule has 3 heterocycles. The van der Waals surface area contributed by atoms with Crippen molar-refractivity contribution in [1.29, 1.82) is 0 Å². The normalized spacial score (nSPS) is 12.2. The van der Waals surface area contributed by atoms with Crippen molar-refractivity contribution < 1.29 is 0 Å². The average molecular weight is 659 g/mol. The van der Waals surface area contributed by atoms with Gasteiger partial charge in [-0.2, -0.15) is 0 Å². The van der Waals surface area contributed by atoms with Gasteiger partial charge in [0, 0.05) is 38.4 Å². The highest BCUT2D eigenvalue weighted by molar-refractivity contribution is 6.19. The number of hydrogen-bond acceptors (Lipinski definition) is 0. The van der Waals surface area contributed by atoms with Gasteiger partial charge in [0.05, 0.1) is 27.8 Å². The van der Waals surface area contributed by atoms with E-state index < -0.39 is 0 Å². The molecule has 11 aromatic rings. The largest absolute Gasteiger partial charge is 0.309 e. The van der Waals surface area contributed by atoms with Gasteiger partial charge < -0.3 is 9.13 Å². The van der Waals surface area contributed by atoms with E-state index in [-0.39, 0.29) is 0 Å². The summed E-state index contributed by atoms with van der Waals surface area (Å²) in [6.07, 6.45) is 0. The first kappa shape index (κ1) is 27.9. The summed E-state index contributed by atoms with van der Waals surface area (Å²) in [4.78, 5) is 0. The molecule has 12 rings (SSSR count). The number of fused-ring (bicyclic) bond motifs is 13. The Morgan fingerprint density at radius 1 is 0.288 bits per heavy atom. The van der Waals surface area contributed by atoms with Crippen molar-refractivity contribution in [2.75, 3.05) is 0 Å². The maximum Gasteiger partial charge on any atom is 0.0620 e. The number of benzene rings is 9. The zero-order valence-electron chi connectivity index (χ0n) is 28.2. The van der Waals surface area contributed by atoms with Gasteiger partial charge in [0.1, 0.15) is 0 Å². The molecule has 9 aromatic carbocycles. The average Bonchev–Trinajstić information content (AvgIpc) is 3.68. The summed E-state index contributed by atoms with van der Waals surface area (Å²) >= 11 is 0. The van der Waals surface area contributed by atoms with Gasteiger partial charge in [0.25, 0.3) is 0 Å². The summed E-state index contributed by atoms with van der Waals surface area (Å²) in [6, 6.07) is 67.5. The second kappa shape index (κ2) is 10.3. The van der Waals surface area contributed by atoms with Crippen LogP contribution in [0.15, 0.2) is 182 Å². The SMILES string of the molecule is c1ccc2c(c1)-c1cc3ccccc3cc1-c1cc(-c3ccc4c(c3)c3ccccc3n4-c3ccc4ccccc4c3)cc3c4ccccc4n-2c13. The van der Waals surface area contributed by atoms with E-state index in [9.17, 15) is 0 Å². The van der Waals surface area contributed by atoms with E-state index in [0.29, 0.717) is 0 Å². The van der Waals surface area contributed by atoms with Gasteiger partial charge in [0.2, 0.25) is 0 Å². The number of aromatic nitrogens is 2. The third kappa shape index (κ3) is 3.78. The predicted octanol–water partition coefficient (Wildman–Crippen LogP) is 13.5. The lowest BCUT2D eigenvalue weighted by atomic mass is 9.89. The lowest BCUT2D eigenvalue weighted by Gasteiger charge is -2.14. The van der Waals surface area contributed by atoms with Crippen LogP contribution >= 0.6 is 0 Å². The van der Waals surface area contributed by atoms with E-state index in [4.69, 9.17) is 0 Å². The molecule has 2 heteroatoms. The fourth-order valence-corrected chi connectivity index (χ4v) is 9.05. The minimum absolute atomic E-state index is 1.18. The highest BCUT2D eigenvalue weighted by Gasteiger charge is 2.26. The van der Waals surface area contributed by atoms with Crippen LogP contribution in [0.2, 0.25) is 0 Å². The summed E-state index contributed by atoms with van der Waals surface area (Å²) in [5.41, 5.74) is 14.8. The fourth-order valence-electron chi connectivity index (χ4n) is 9.05. The van der Waals surface area contributed by atoms with E-state index >= 15 is 0 Å². The molecule has 2 aromatic heterocycles. The van der Waals surface area contributed by atoms with Gasteiger partial charge in [-0.3, -0.25) is 0 Å². The molecule has 0 radical (unpaired) electrons. The lowest BCUT2D eigenvalue weighted by Crippen LogP contribution is -1.95. The molecule has 0 saturated heterocycles. The van der Waals surface area contributed by atoms with Crippen LogP contribution < -0.4 is 0 Å². The van der Waals surface area contributed by atoms with Crippen LogP contribution in [0, 0.1) is 0 Å². The summed E-state index contributed by atoms with van der Waals surface area (Å²) in [5.74, 6) is 0. The van der Waals surface area contributed by atoms with Gasteiger partial charge in [-0.25, -0.2) is 0 Å². The topological polar surface area (TPSA) is 9.86 Å². The maximum absolute atomic E-state index is 2.50. The van der Waals surface area contributed by atoms with Crippen LogP contribution in [0.5, 0.6) is 0 Å². The number of hydrogen-bond donors (Lipinski definition) is 0. The van der Waals surface area contributed by atoms with Crippen LogP contribution in [-0.4, -0.2) is 9.13 Å². The van der Waals surface area contributed by atoms with Crippen molar-refractivity contribution in [3.05, 3.63) is 182 Å². The highest BCUT2D eigenvalue weighted by atomic mass is 15.0. The Morgan fingerprint density at radius 3 is 1.65 bits per heavy atom. The summed E-state index contributed by atoms with van der Waals surface area (Å²) < 4.78 is 4.92. The monoisotopic (exact) mass is 658 g/mol. The molecular formula is C50H30N2. The van der Waals surface area contributed by atoms with Crippen LogP contribution in [0.4, 0.5) is 0 Å². The Balaban J connectivity index is 1.16. The second-order valence-corrected chi connectivity index (χ2v) is 14.2. The van der Waals surface area contributed by atoms with Crippen molar-refractivity contribution in [2.24, 2.45) is 0 Å². The van der Waals surface area contributed by atoms with Crippen LogP contribution in [-0.2, 0) is 0 Å². The van der Waals surface area contributed by atoms with E-state index in [0.717, 1.165) is 0 Å². The Labute approximate surface area is 300 Å². The molecule has 0 unspecified atom stereocenters. The molecule has 0 saturated carbocycles. The molecule has 1 aliphatic heterocycles. The van der Waals surface area contributed by atoms with Gasteiger partial charge in [-0.15, -0.1) is 0 Å². The molecule has 0 N–H and O–H groups in total. The van der Waals surface area contributed by atoms with Crippen molar-refractivity contribution in [1.82, 2.24) is 9.13 Å². The summed E-state index contributed by atoms with van der Waals surface area (Å²) in [7, 11) is 0. The third-order valence-electron chi connectivity index (χ3n) is 11.4. The van der Waals surface area contributed by atoms with Crippen LogP contribution in [0.25, 0.3) is 110 Å². The van der Waals surface area contributed by atoms with E-state index in [1.54, 1.807) is 0 Å². The minimum atomic E-state index is 1.18. The Morgan fingerprint density at radius 2 is 0.865 bits per heavy atom. The molecule has 0 fully saturated rings. The van der Waals surface area contributed by atoms with Crippen molar-refractivity contribution in [3.63, 3.8) is 0 Å². The molecule has 0 bridgehead atoms. The number of rotatable bonds is 2. The van der Waals surface area contributed by atoms with Crippen molar-refractivity contribution >= 4 is 65.2 Å². The predicted molar refractivity (Wildman–Crippen MR) is 220 cm³/mol. The van der Waals surface area contributed by atoms with Crippen molar-refractivity contribution in [3.8, 4) is 44.8 Å². The Hall–Kier alpha value is -6.90. The summed E-state index contributed by atoms with van der Waals surface area (Å²) in [6.45, 7) is 0. The second-order valence-electron chi connectivity index (χ2n) is 14.2. The molecule has 1 aliphatic rings. The standard InChI is InChI=1S/C50H30N2/c1-2-12-32-25-37(23-21-31(32)11-1)51-46-18-8-6-16-39(46)43-28-35(22-24-49(43)51)36-29-44-40-17-7-10-20-48(40)52-47-19-9-5-15-38(47)41-26-33-13-3-4-14-34(33)27-42(41)45(30-36)50(44)52/h1-30H. The Kier molecular flexibility index (Phi) is 5.53. The first-order chi connectivity index (χ1) is 25.8. The first-order valence-corrected chi connectivity index (χ1v) is 18.0. The van der Waals surface area contributed by atoms with Gasteiger partial charge in [-0.05, 0) is 111 Å². The quantitative estimate of drug-likeness (QED) is 0.175. The molecular weight excluding hydrogens is 629 g/mol. The fraction of sp³-hybridized carbons (Fsp3) is 0. The van der Waals surface area contributed by atoms with Gasteiger partial charge >= 0.3 is 0 Å². The smallest absolute Gasteiger partial charge is 0.0620 e. The van der Waals surface area contributed by atoms with Gasteiger partial charge in [0.15, 0.2) is 0 Å². The first-order valence-electron chi connectivity index (χ1n) is 18.0. The molecule has 52 heavy (non-hydrogen) atoms. The molecule has 240 valence electrons. The maximum atomic E-state index is 2.50. The molecule has 0 atom stereocenters. The van der Waals surface area contributed by atoms with Crippen molar-refractivity contribution in [2.45, 2.75) is 0 Å². The van der Waals surface area contributed by atoms with E-state index in [2.05, 4.69) is 191 Å². The van der Waals surface area contributed by atoms with Crippen LogP contribution in [0.3, 0.4) is 0 Å². The number of nitrogens with zero attached hydrogens (tertiary/aromatic N) is 2. The zero-order valence-corrected chi connectivity index (χ0v) is 28.2. The lowest BCUT2D eigenvalue weighted by molar-refractivity contribution is 1.19. The highest BCUT2D eigenvalue weighted by Crippen LogP contribution is 2.49. The Bertz CT molecular complexity index is 3300. The molecule has 0 spiro atoms. The zero-order chi connectivity index (χ0) is 33.9. The van der Waals surface area contributed by atoms with Crippen LogP contribution in [0.1, 0.15) is 0 Å². The molecule has 0 aliphatic carbocycles. The minimum Gasteiger partial charge on any atom is -0.309 e. The van der Waals surface area contributed by atoms with E-state index in [1.165, 1.54) is 110 Å². The number of para-hydroxylation sites is 3.